The van der Waals surface area contributed by atoms with Crippen molar-refractivity contribution in [3.05, 3.63) is 35.3 Å². The van der Waals surface area contributed by atoms with Gasteiger partial charge in [-0.15, -0.1) is 11.3 Å². The SMILES string of the molecule is CCOc1ccccc1-c1ncc(C(C)(C)O)s1. The molecule has 0 bridgehead atoms. The van der Waals surface area contributed by atoms with Gasteiger partial charge in [0.05, 0.1) is 22.6 Å². The summed E-state index contributed by atoms with van der Waals surface area (Å²) in [5, 5.41) is 10.8. The predicted octanol–water partition coefficient (Wildman–Crippen LogP) is 3.44. The molecule has 0 saturated carbocycles. The van der Waals surface area contributed by atoms with Gasteiger partial charge in [-0.25, -0.2) is 4.98 Å². The van der Waals surface area contributed by atoms with Crippen molar-refractivity contribution in [2.45, 2.75) is 26.4 Å². The van der Waals surface area contributed by atoms with Crippen LogP contribution in [0.25, 0.3) is 10.6 Å². The lowest BCUT2D eigenvalue weighted by Crippen LogP contribution is -2.12. The van der Waals surface area contributed by atoms with Gasteiger partial charge in [0.25, 0.3) is 0 Å². The third-order valence-electron chi connectivity index (χ3n) is 2.53. The molecule has 1 aromatic heterocycles. The Balaban J connectivity index is 2.40. The average molecular weight is 263 g/mol. The van der Waals surface area contributed by atoms with Gasteiger partial charge in [-0.1, -0.05) is 12.1 Å². The van der Waals surface area contributed by atoms with Crippen molar-refractivity contribution >= 4 is 11.3 Å². The van der Waals surface area contributed by atoms with Crippen LogP contribution < -0.4 is 4.74 Å². The zero-order valence-electron chi connectivity index (χ0n) is 10.8. The topological polar surface area (TPSA) is 42.4 Å². The molecule has 3 nitrogen and oxygen atoms in total. The van der Waals surface area contributed by atoms with Gasteiger partial charge < -0.3 is 9.84 Å². The van der Waals surface area contributed by atoms with E-state index in [1.54, 1.807) is 20.0 Å². The van der Waals surface area contributed by atoms with Gasteiger partial charge in [0.15, 0.2) is 0 Å². The number of rotatable bonds is 4. The number of aromatic nitrogens is 1. The van der Waals surface area contributed by atoms with E-state index in [9.17, 15) is 5.11 Å². The number of hydrogen-bond donors (Lipinski definition) is 1. The van der Waals surface area contributed by atoms with Crippen LogP contribution in [0.2, 0.25) is 0 Å². The van der Waals surface area contributed by atoms with Gasteiger partial charge in [0.1, 0.15) is 10.8 Å². The molecule has 0 radical (unpaired) electrons. The van der Waals surface area contributed by atoms with Crippen LogP contribution in [-0.4, -0.2) is 16.7 Å². The molecule has 0 fully saturated rings. The summed E-state index contributed by atoms with van der Waals surface area (Å²) >= 11 is 1.49. The zero-order chi connectivity index (χ0) is 13.2. The number of benzene rings is 1. The first-order valence-electron chi connectivity index (χ1n) is 5.93. The largest absolute Gasteiger partial charge is 0.493 e. The molecule has 0 unspecified atom stereocenters. The lowest BCUT2D eigenvalue weighted by atomic mass is 10.1. The summed E-state index contributed by atoms with van der Waals surface area (Å²) in [6, 6.07) is 7.82. The molecule has 0 amide bonds. The maximum atomic E-state index is 9.96. The molecule has 1 aromatic carbocycles. The van der Waals surface area contributed by atoms with Crippen molar-refractivity contribution in [2.75, 3.05) is 6.61 Å². The van der Waals surface area contributed by atoms with E-state index in [1.165, 1.54) is 11.3 Å². The fraction of sp³-hybridized carbons (Fsp3) is 0.357. The lowest BCUT2D eigenvalue weighted by Gasteiger charge is -2.13. The van der Waals surface area contributed by atoms with Crippen LogP contribution >= 0.6 is 11.3 Å². The average Bonchev–Trinajstić information content (AvgIpc) is 2.79. The molecule has 0 aliphatic heterocycles. The summed E-state index contributed by atoms with van der Waals surface area (Å²) in [6.45, 7) is 6.11. The number of nitrogens with zero attached hydrogens (tertiary/aromatic N) is 1. The van der Waals surface area contributed by atoms with E-state index < -0.39 is 5.60 Å². The van der Waals surface area contributed by atoms with E-state index in [0.29, 0.717) is 6.61 Å². The Morgan fingerprint density at radius 2 is 2.06 bits per heavy atom. The van der Waals surface area contributed by atoms with Crippen molar-refractivity contribution in [2.24, 2.45) is 0 Å². The first-order chi connectivity index (χ1) is 8.52. The Morgan fingerprint density at radius 1 is 1.33 bits per heavy atom. The number of thiazole rings is 1. The Morgan fingerprint density at radius 3 is 2.67 bits per heavy atom. The van der Waals surface area contributed by atoms with E-state index in [2.05, 4.69) is 4.98 Å². The summed E-state index contributed by atoms with van der Waals surface area (Å²) in [4.78, 5) is 5.23. The van der Waals surface area contributed by atoms with Crippen LogP contribution in [0.4, 0.5) is 0 Å². The highest BCUT2D eigenvalue weighted by atomic mass is 32.1. The van der Waals surface area contributed by atoms with E-state index in [0.717, 1.165) is 21.2 Å². The van der Waals surface area contributed by atoms with E-state index in [1.807, 2.05) is 31.2 Å². The van der Waals surface area contributed by atoms with Gasteiger partial charge in [0, 0.05) is 6.20 Å². The van der Waals surface area contributed by atoms with Crippen molar-refractivity contribution < 1.29 is 9.84 Å². The highest BCUT2D eigenvalue weighted by Gasteiger charge is 2.20. The minimum absolute atomic E-state index is 0.626. The Bertz CT molecular complexity index is 529. The highest BCUT2D eigenvalue weighted by Crippen LogP contribution is 2.35. The molecule has 4 heteroatoms. The summed E-state index contributed by atoms with van der Waals surface area (Å²) in [6.07, 6.45) is 1.72. The standard InChI is InChI=1S/C14H17NO2S/c1-4-17-11-8-6-5-7-10(11)13-15-9-12(18-13)14(2,3)16/h5-9,16H,4H2,1-3H3. The van der Waals surface area contributed by atoms with Crippen LogP contribution in [0.3, 0.4) is 0 Å². The fourth-order valence-corrected chi connectivity index (χ4v) is 2.55. The molecule has 0 aliphatic carbocycles. The fourth-order valence-electron chi connectivity index (χ4n) is 1.61. The van der Waals surface area contributed by atoms with Gasteiger partial charge >= 0.3 is 0 Å². The van der Waals surface area contributed by atoms with Gasteiger partial charge in [-0.2, -0.15) is 0 Å². The quantitative estimate of drug-likeness (QED) is 0.918. The van der Waals surface area contributed by atoms with Crippen molar-refractivity contribution in [3.8, 4) is 16.3 Å². The molecule has 1 N–H and O–H groups in total. The first kappa shape index (κ1) is 13.1. The first-order valence-corrected chi connectivity index (χ1v) is 6.75. The normalized spacial score (nSPS) is 11.6. The monoisotopic (exact) mass is 263 g/mol. The molecule has 0 atom stereocenters. The molecule has 0 aliphatic rings. The molecule has 96 valence electrons. The number of para-hydroxylation sites is 1. The summed E-state index contributed by atoms with van der Waals surface area (Å²) < 4.78 is 5.59. The molecule has 0 saturated heterocycles. The highest BCUT2D eigenvalue weighted by molar-refractivity contribution is 7.15. The molecule has 0 spiro atoms. The van der Waals surface area contributed by atoms with Crippen LogP contribution in [0, 0.1) is 0 Å². The predicted molar refractivity (Wildman–Crippen MR) is 74.0 cm³/mol. The second-order valence-corrected chi connectivity index (χ2v) is 5.55. The van der Waals surface area contributed by atoms with Crippen LogP contribution in [-0.2, 0) is 5.60 Å². The Hall–Kier alpha value is -1.39. The van der Waals surface area contributed by atoms with Gasteiger partial charge in [-0.3, -0.25) is 0 Å². The molecular formula is C14H17NO2S. The molecule has 1 heterocycles. The summed E-state index contributed by atoms with van der Waals surface area (Å²) in [7, 11) is 0. The van der Waals surface area contributed by atoms with E-state index >= 15 is 0 Å². The number of aliphatic hydroxyl groups is 1. The maximum Gasteiger partial charge on any atom is 0.129 e. The minimum Gasteiger partial charge on any atom is -0.493 e. The van der Waals surface area contributed by atoms with Crippen molar-refractivity contribution in [1.82, 2.24) is 4.98 Å². The zero-order valence-corrected chi connectivity index (χ0v) is 11.6. The Labute approximate surface area is 111 Å². The third kappa shape index (κ3) is 2.71. The van der Waals surface area contributed by atoms with Crippen LogP contribution in [0.5, 0.6) is 5.75 Å². The van der Waals surface area contributed by atoms with Gasteiger partial charge in [0.2, 0.25) is 0 Å². The molecule has 2 rings (SSSR count). The van der Waals surface area contributed by atoms with Crippen LogP contribution in [0.1, 0.15) is 25.6 Å². The summed E-state index contributed by atoms with van der Waals surface area (Å²) in [5.41, 5.74) is 0.121. The van der Waals surface area contributed by atoms with Crippen molar-refractivity contribution in [3.63, 3.8) is 0 Å². The Kier molecular flexibility index (Phi) is 3.68. The van der Waals surface area contributed by atoms with Gasteiger partial charge in [-0.05, 0) is 32.9 Å². The lowest BCUT2D eigenvalue weighted by molar-refractivity contribution is 0.0823. The van der Waals surface area contributed by atoms with E-state index in [4.69, 9.17) is 4.74 Å². The van der Waals surface area contributed by atoms with Crippen molar-refractivity contribution in [1.29, 1.82) is 0 Å². The molecule has 18 heavy (non-hydrogen) atoms. The number of hydrogen-bond acceptors (Lipinski definition) is 4. The third-order valence-corrected chi connectivity index (χ3v) is 3.87. The summed E-state index contributed by atoms with van der Waals surface area (Å²) in [5.74, 6) is 0.830. The number of ether oxygens (including phenoxy) is 1. The van der Waals surface area contributed by atoms with Crippen LogP contribution in [0.15, 0.2) is 30.5 Å². The molecular weight excluding hydrogens is 246 g/mol. The second kappa shape index (κ2) is 5.08. The molecule has 2 aromatic rings. The smallest absolute Gasteiger partial charge is 0.129 e. The van der Waals surface area contributed by atoms with E-state index in [-0.39, 0.29) is 0 Å². The second-order valence-electron chi connectivity index (χ2n) is 4.52. The minimum atomic E-state index is -0.851. The maximum absolute atomic E-state index is 9.96.